The number of nitrogens with one attached hydrogen (secondary N) is 1. The zero-order valence-corrected chi connectivity index (χ0v) is 15.2. The second-order valence-electron chi connectivity index (χ2n) is 7.05. The van der Waals surface area contributed by atoms with Gasteiger partial charge in [0.25, 0.3) is 5.56 Å². The van der Waals surface area contributed by atoms with Crippen molar-refractivity contribution in [2.75, 3.05) is 13.2 Å². The van der Waals surface area contributed by atoms with Gasteiger partial charge < -0.3 is 10.1 Å². The van der Waals surface area contributed by atoms with E-state index in [9.17, 15) is 9.90 Å². The Bertz CT molecular complexity index is 1180. The molecule has 1 fully saturated rings. The fourth-order valence-corrected chi connectivity index (χ4v) is 5.50. The Morgan fingerprint density at radius 3 is 2.73 bits per heavy atom. The molecule has 4 aromatic rings. The highest BCUT2D eigenvalue weighted by Crippen LogP contribution is 2.38. The van der Waals surface area contributed by atoms with Crippen molar-refractivity contribution in [1.82, 2.24) is 9.88 Å². The van der Waals surface area contributed by atoms with Crippen LogP contribution >= 0.6 is 11.3 Å². The van der Waals surface area contributed by atoms with Gasteiger partial charge in [0.2, 0.25) is 0 Å². The second kappa shape index (κ2) is 6.20. The summed E-state index contributed by atoms with van der Waals surface area (Å²) in [4.78, 5) is 18.0. The Morgan fingerprint density at radius 1 is 1.08 bits per heavy atom. The van der Waals surface area contributed by atoms with E-state index in [0.717, 1.165) is 52.3 Å². The predicted molar refractivity (Wildman–Crippen MR) is 108 cm³/mol. The van der Waals surface area contributed by atoms with Gasteiger partial charge in [-0.2, -0.15) is 0 Å². The molecule has 1 aliphatic rings. The quantitative estimate of drug-likeness (QED) is 0.580. The highest BCUT2D eigenvalue weighted by atomic mass is 32.1. The fourth-order valence-electron chi connectivity index (χ4n) is 4.20. The monoisotopic (exact) mass is 364 g/mol. The molecule has 26 heavy (non-hydrogen) atoms. The summed E-state index contributed by atoms with van der Waals surface area (Å²) in [6.45, 7) is 2.10. The third-order valence-electron chi connectivity index (χ3n) is 5.54. The van der Waals surface area contributed by atoms with Crippen LogP contribution in [0.25, 0.3) is 31.1 Å². The lowest BCUT2D eigenvalue weighted by Gasteiger charge is -2.22. The van der Waals surface area contributed by atoms with Gasteiger partial charge in [0.1, 0.15) is 0 Å². The van der Waals surface area contributed by atoms with E-state index in [-0.39, 0.29) is 18.2 Å². The molecule has 1 atom stereocenters. The molecule has 5 rings (SSSR count). The highest BCUT2D eigenvalue weighted by molar-refractivity contribution is 7.26. The van der Waals surface area contributed by atoms with Crippen LogP contribution in [-0.4, -0.2) is 34.2 Å². The topological polar surface area (TPSA) is 56.3 Å². The Kier molecular flexibility index (Phi) is 3.81. The third kappa shape index (κ3) is 2.39. The molecule has 0 amide bonds. The average molecular weight is 364 g/mol. The summed E-state index contributed by atoms with van der Waals surface area (Å²) in [7, 11) is 0. The molecule has 3 heterocycles. The van der Waals surface area contributed by atoms with Gasteiger partial charge in [0.05, 0.1) is 16.8 Å². The lowest BCUT2D eigenvalue weighted by molar-refractivity contribution is 0.154. The van der Waals surface area contributed by atoms with Crippen LogP contribution in [-0.2, 0) is 6.54 Å². The summed E-state index contributed by atoms with van der Waals surface area (Å²) >= 11 is 1.76. The molecule has 1 unspecified atom stereocenters. The summed E-state index contributed by atoms with van der Waals surface area (Å²) in [6.07, 6.45) is 2.21. The highest BCUT2D eigenvalue weighted by Gasteiger charge is 2.24. The first-order valence-corrected chi connectivity index (χ1v) is 9.88. The largest absolute Gasteiger partial charge is 0.395 e. The third-order valence-corrected chi connectivity index (χ3v) is 6.85. The molecule has 1 saturated heterocycles. The van der Waals surface area contributed by atoms with Gasteiger partial charge in [-0.3, -0.25) is 9.69 Å². The van der Waals surface area contributed by atoms with Crippen molar-refractivity contribution in [1.29, 1.82) is 0 Å². The van der Waals surface area contributed by atoms with E-state index in [2.05, 4.69) is 28.1 Å². The number of rotatable bonds is 3. The number of aliphatic hydroxyl groups excluding tert-OH is 1. The van der Waals surface area contributed by atoms with Gasteiger partial charge in [-0.1, -0.05) is 36.4 Å². The normalized spacial score (nSPS) is 18.4. The smallest absolute Gasteiger partial charge is 0.256 e. The molecule has 0 spiro atoms. The van der Waals surface area contributed by atoms with Crippen molar-refractivity contribution in [2.24, 2.45) is 0 Å². The van der Waals surface area contributed by atoms with Gasteiger partial charge in [-0.25, -0.2) is 0 Å². The lowest BCUT2D eigenvalue weighted by atomic mass is 10.1. The van der Waals surface area contributed by atoms with Crippen LogP contribution in [0.4, 0.5) is 0 Å². The number of hydrogen-bond acceptors (Lipinski definition) is 4. The summed E-state index contributed by atoms with van der Waals surface area (Å²) in [5, 5.41) is 12.5. The van der Waals surface area contributed by atoms with E-state index in [1.165, 1.54) is 10.3 Å². The minimum Gasteiger partial charge on any atom is -0.395 e. The van der Waals surface area contributed by atoms with Gasteiger partial charge in [0, 0.05) is 33.4 Å². The summed E-state index contributed by atoms with van der Waals surface area (Å²) in [5.41, 5.74) is 2.18. The first kappa shape index (κ1) is 16.0. The number of fused-ring (bicyclic) bond motifs is 5. The van der Waals surface area contributed by atoms with Crippen LogP contribution in [0.2, 0.25) is 0 Å². The summed E-state index contributed by atoms with van der Waals surface area (Å²) in [5.74, 6) is 0. The number of hydrogen-bond donors (Lipinski definition) is 2. The Hall–Kier alpha value is -2.21. The molecule has 0 radical (unpaired) electrons. The Labute approximate surface area is 154 Å². The van der Waals surface area contributed by atoms with Crippen LogP contribution in [0, 0.1) is 0 Å². The number of aliphatic hydroxyl groups is 1. The molecular weight excluding hydrogens is 344 g/mol. The summed E-state index contributed by atoms with van der Waals surface area (Å²) < 4.78 is 2.38. The van der Waals surface area contributed by atoms with Crippen molar-refractivity contribution >= 4 is 42.4 Å². The molecule has 2 aromatic carbocycles. The van der Waals surface area contributed by atoms with Crippen LogP contribution in [0.5, 0.6) is 0 Å². The maximum absolute atomic E-state index is 12.5. The van der Waals surface area contributed by atoms with Gasteiger partial charge >= 0.3 is 0 Å². The number of benzene rings is 2. The number of aromatic nitrogens is 1. The SMILES string of the molecule is O=c1[nH]c2c3cccc(CN4CCCC4CO)c3sc2c2ccccc12. The molecule has 132 valence electrons. The lowest BCUT2D eigenvalue weighted by Crippen LogP contribution is -2.31. The van der Waals surface area contributed by atoms with E-state index in [1.807, 2.05) is 24.3 Å². The number of likely N-dealkylation sites (tertiary alicyclic amines) is 1. The predicted octanol–water partition coefficient (Wildman–Crippen LogP) is 3.85. The van der Waals surface area contributed by atoms with Crippen LogP contribution in [0.3, 0.4) is 0 Å². The van der Waals surface area contributed by atoms with Crippen LogP contribution in [0.1, 0.15) is 18.4 Å². The standard InChI is InChI=1S/C21H20N2O2S/c24-12-14-6-4-10-23(14)11-13-5-3-9-17-18-20(26-19(13)17)15-7-1-2-8-16(15)21(25)22-18/h1-3,5,7-9,14,24H,4,6,10-12H2,(H,22,25). The van der Waals surface area contributed by atoms with E-state index >= 15 is 0 Å². The molecule has 2 N–H and O–H groups in total. The minimum absolute atomic E-state index is 0.0295. The maximum Gasteiger partial charge on any atom is 0.256 e. The van der Waals surface area contributed by atoms with E-state index < -0.39 is 0 Å². The zero-order valence-electron chi connectivity index (χ0n) is 14.4. The van der Waals surface area contributed by atoms with Gasteiger partial charge in [-0.15, -0.1) is 11.3 Å². The summed E-state index contributed by atoms with van der Waals surface area (Å²) in [6, 6.07) is 14.4. The average Bonchev–Trinajstić information content (AvgIpc) is 3.27. The maximum atomic E-state index is 12.5. The van der Waals surface area contributed by atoms with Crippen molar-refractivity contribution in [2.45, 2.75) is 25.4 Å². The number of H-pyrrole nitrogens is 1. The molecule has 5 heteroatoms. The van der Waals surface area contributed by atoms with E-state index in [4.69, 9.17) is 0 Å². The Morgan fingerprint density at radius 2 is 1.88 bits per heavy atom. The fraction of sp³-hybridized carbons (Fsp3) is 0.286. The second-order valence-corrected chi connectivity index (χ2v) is 8.07. The molecule has 0 saturated carbocycles. The zero-order chi connectivity index (χ0) is 17.7. The minimum atomic E-state index is -0.0295. The van der Waals surface area contributed by atoms with Gasteiger partial charge in [-0.05, 0) is 31.0 Å². The Balaban J connectivity index is 1.73. The number of thiophene rings is 1. The van der Waals surface area contributed by atoms with Gasteiger partial charge in [0.15, 0.2) is 0 Å². The molecule has 2 aromatic heterocycles. The van der Waals surface area contributed by atoms with Crippen molar-refractivity contribution in [3.05, 3.63) is 58.4 Å². The molecule has 4 nitrogen and oxygen atoms in total. The number of pyridine rings is 1. The number of nitrogens with zero attached hydrogens (tertiary/aromatic N) is 1. The molecular formula is C21H20N2O2S. The van der Waals surface area contributed by atoms with E-state index in [0.29, 0.717) is 0 Å². The first-order chi connectivity index (χ1) is 12.8. The van der Waals surface area contributed by atoms with Crippen LogP contribution in [0.15, 0.2) is 47.3 Å². The van der Waals surface area contributed by atoms with Crippen molar-refractivity contribution < 1.29 is 5.11 Å². The van der Waals surface area contributed by atoms with Crippen molar-refractivity contribution in [3.8, 4) is 0 Å². The first-order valence-electron chi connectivity index (χ1n) is 9.06. The molecule has 1 aliphatic heterocycles. The van der Waals surface area contributed by atoms with Crippen LogP contribution < -0.4 is 5.56 Å². The van der Waals surface area contributed by atoms with E-state index in [1.54, 1.807) is 11.3 Å². The van der Waals surface area contributed by atoms with Crippen molar-refractivity contribution in [3.63, 3.8) is 0 Å². The number of aromatic amines is 1. The molecule has 0 aliphatic carbocycles. The molecule has 0 bridgehead atoms.